The number of carboxylic acids is 1. The monoisotopic (exact) mass is 521 g/mol. The minimum absolute atomic E-state index is 0.0605. The molecule has 3 unspecified atom stereocenters. The van der Waals surface area contributed by atoms with Crippen LogP contribution in [0.5, 0.6) is 5.88 Å². The predicted octanol–water partition coefficient (Wildman–Crippen LogP) is 4.48. The first-order valence-electron chi connectivity index (χ1n) is 13.6. The van der Waals surface area contributed by atoms with Crippen LogP contribution in [0.15, 0.2) is 12.1 Å². The van der Waals surface area contributed by atoms with Crippen molar-refractivity contribution in [1.29, 1.82) is 0 Å². The maximum absolute atomic E-state index is 13.5. The van der Waals surface area contributed by atoms with Crippen LogP contribution in [0.1, 0.15) is 75.1 Å². The number of rotatable bonds is 10. The Morgan fingerprint density at radius 1 is 1.24 bits per heavy atom. The van der Waals surface area contributed by atoms with Gasteiger partial charge in [-0.1, -0.05) is 6.92 Å². The van der Waals surface area contributed by atoms with Crippen LogP contribution in [-0.2, 0) is 9.53 Å². The Bertz CT molecular complexity index is 988. The summed E-state index contributed by atoms with van der Waals surface area (Å²) in [5.74, 6) is 0.594. The van der Waals surface area contributed by atoms with Gasteiger partial charge in [0.2, 0.25) is 5.88 Å². The molecule has 4 bridgehead atoms. The fourth-order valence-corrected chi connectivity index (χ4v) is 7.52. The largest absolute Gasteiger partial charge is 0.481 e. The van der Waals surface area contributed by atoms with E-state index in [4.69, 9.17) is 9.47 Å². The molecule has 8 nitrogen and oxygen atoms in total. The molecule has 5 aliphatic rings. The van der Waals surface area contributed by atoms with E-state index in [9.17, 15) is 23.5 Å². The zero-order valence-electron chi connectivity index (χ0n) is 21.3. The second-order valence-corrected chi connectivity index (χ2v) is 11.5. The van der Waals surface area contributed by atoms with Crippen molar-refractivity contribution in [3.05, 3.63) is 17.7 Å². The third-order valence-electron chi connectivity index (χ3n) is 8.69. The minimum Gasteiger partial charge on any atom is -0.481 e. The summed E-state index contributed by atoms with van der Waals surface area (Å²) < 4.78 is 37.3. The van der Waals surface area contributed by atoms with Crippen molar-refractivity contribution in [2.75, 3.05) is 24.6 Å². The molecule has 1 amide bonds. The molecule has 3 atom stereocenters. The lowest BCUT2D eigenvalue weighted by atomic mass is 9.52. The number of anilines is 1. The second kappa shape index (κ2) is 10.7. The summed E-state index contributed by atoms with van der Waals surface area (Å²) in [6.07, 6.45) is 6.30. The third kappa shape index (κ3) is 5.68. The van der Waals surface area contributed by atoms with Crippen LogP contribution in [0.25, 0.3) is 0 Å². The summed E-state index contributed by atoms with van der Waals surface area (Å²) in [5, 5.41) is 12.4. The molecule has 0 aromatic carbocycles. The molecule has 0 radical (unpaired) electrons. The van der Waals surface area contributed by atoms with Crippen molar-refractivity contribution in [2.45, 2.75) is 83.0 Å². The smallest absolute Gasteiger partial charge is 0.345 e. The van der Waals surface area contributed by atoms with E-state index >= 15 is 0 Å². The molecule has 2 N–H and O–H groups in total. The number of carbonyl (C=O) groups excluding carboxylic acids is 1. The van der Waals surface area contributed by atoms with E-state index in [1.54, 1.807) is 12.1 Å². The van der Waals surface area contributed by atoms with Crippen molar-refractivity contribution < 1.29 is 33.0 Å². The average molecular weight is 522 g/mol. The molecule has 37 heavy (non-hydrogen) atoms. The van der Waals surface area contributed by atoms with Gasteiger partial charge in [0.25, 0.3) is 5.91 Å². The van der Waals surface area contributed by atoms with Gasteiger partial charge in [-0.15, -0.1) is 0 Å². The van der Waals surface area contributed by atoms with Crippen LogP contribution in [0.3, 0.4) is 0 Å². The normalized spacial score (nSPS) is 32.5. The lowest BCUT2D eigenvalue weighted by Gasteiger charge is -2.59. The van der Waals surface area contributed by atoms with Crippen LogP contribution in [0.2, 0.25) is 0 Å². The van der Waals surface area contributed by atoms with Crippen LogP contribution in [-0.4, -0.2) is 59.9 Å². The highest BCUT2D eigenvalue weighted by molar-refractivity contribution is 5.97. The number of nitrogens with zero attached hydrogens (tertiary/aromatic N) is 2. The van der Waals surface area contributed by atoms with Crippen molar-refractivity contribution >= 4 is 17.7 Å². The summed E-state index contributed by atoms with van der Waals surface area (Å²) in [4.78, 5) is 31.4. The Labute approximate surface area is 216 Å². The van der Waals surface area contributed by atoms with E-state index in [2.05, 4.69) is 15.2 Å². The molecule has 0 spiro atoms. The fraction of sp³-hybridized carbons (Fsp3) is 0.741. The summed E-state index contributed by atoms with van der Waals surface area (Å²) in [6.45, 7) is 1.01. The van der Waals surface area contributed by atoms with Crippen LogP contribution < -0.4 is 15.0 Å². The molecule has 5 fully saturated rings. The van der Waals surface area contributed by atoms with E-state index in [0.717, 1.165) is 38.6 Å². The maximum Gasteiger partial charge on any atom is 0.345 e. The van der Waals surface area contributed by atoms with Crippen LogP contribution in [0.4, 0.5) is 14.6 Å². The maximum atomic E-state index is 13.5. The van der Waals surface area contributed by atoms with E-state index in [1.807, 2.05) is 6.92 Å². The molecule has 4 saturated carbocycles. The number of amides is 1. The van der Waals surface area contributed by atoms with E-state index < -0.39 is 18.2 Å². The molecule has 1 aliphatic heterocycles. The summed E-state index contributed by atoms with van der Waals surface area (Å²) in [5.41, 5.74) is -0.388. The summed E-state index contributed by atoms with van der Waals surface area (Å²) >= 11 is 0. The molecule has 1 saturated heterocycles. The van der Waals surface area contributed by atoms with Gasteiger partial charge in [-0.25, -0.2) is 0 Å². The molecule has 1 aromatic rings. The van der Waals surface area contributed by atoms with E-state index in [1.165, 1.54) is 0 Å². The first-order valence-corrected chi connectivity index (χ1v) is 13.6. The van der Waals surface area contributed by atoms with Gasteiger partial charge in [-0.3, -0.25) is 9.59 Å². The third-order valence-corrected chi connectivity index (χ3v) is 8.69. The lowest BCUT2D eigenvalue weighted by molar-refractivity contribution is -0.260. The van der Waals surface area contributed by atoms with Gasteiger partial charge in [-0.05, 0) is 87.2 Å². The summed E-state index contributed by atoms with van der Waals surface area (Å²) in [7, 11) is 0. The Hall–Kier alpha value is -2.49. The Morgan fingerprint density at radius 2 is 2.00 bits per heavy atom. The first kappa shape index (κ1) is 26.1. The first-order chi connectivity index (χ1) is 17.7. The van der Waals surface area contributed by atoms with E-state index in [-0.39, 0.29) is 42.0 Å². The molecular formula is C27H37F2N3O5. The number of nitrogens with one attached hydrogen (secondary N) is 1. The number of pyridine rings is 1. The van der Waals surface area contributed by atoms with Crippen LogP contribution >= 0.6 is 0 Å². The van der Waals surface area contributed by atoms with Gasteiger partial charge in [0.05, 0.1) is 12.2 Å². The molecule has 1 aromatic heterocycles. The molecule has 10 heteroatoms. The molecule has 204 valence electrons. The lowest BCUT2D eigenvalue weighted by Crippen LogP contribution is -2.62. The average Bonchev–Trinajstić information content (AvgIpc) is 2.83. The topological polar surface area (TPSA) is 101 Å². The van der Waals surface area contributed by atoms with Crippen molar-refractivity contribution in [3.63, 3.8) is 0 Å². The highest BCUT2D eigenvalue weighted by atomic mass is 19.3. The number of alkyl halides is 2. The number of hydrogen-bond donors (Lipinski definition) is 2. The number of aromatic nitrogens is 1. The van der Waals surface area contributed by atoms with Gasteiger partial charge < -0.3 is 24.8 Å². The van der Waals surface area contributed by atoms with Gasteiger partial charge in [0, 0.05) is 25.6 Å². The van der Waals surface area contributed by atoms with Gasteiger partial charge >= 0.3 is 12.6 Å². The van der Waals surface area contributed by atoms with Gasteiger partial charge in [0.15, 0.2) is 0 Å². The quantitative estimate of drug-likeness (QED) is 0.468. The van der Waals surface area contributed by atoms with Crippen molar-refractivity contribution in [1.82, 2.24) is 10.3 Å². The molecule has 4 aliphatic carbocycles. The van der Waals surface area contributed by atoms with E-state index in [0.29, 0.717) is 49.7 Å². The highest BCUT2D eigenvalue weighted by Crippen LogP contribution is 2.57. The molecular weight excluding hydrogens is 484 g/mol. The standard InChI is InChI=1S/C27H37F2N3O5/c1-2-8-36-25-20(5-6-21(30-25)32-7-3-4-16(15-32)11-22(33)34)24(35)31-23-18-9-17-10-19(23)14-27(12-17,13-18)37-26(28)29/h5-6,16-19,23,26H,2-4,7-15H2,1H3,(H,31,35)(H,33,34). The Balaban J connectivity index is 1.31. The van der Waals surface area contributed by atoms with Crippen molar-refractivity contribution in [2.24, 2.45) is 23.7 Å². The zero-order chi connectivity index (χ0) is 26.2. The zero-order valence-corrected chi connectivity index (χ0v) is 21.3. The number of aliphatic carboxylic acids is 1. The number of halogens is 2. The number of carboxylic acid groups (broad SMARTS) is 1. The number of carbonyl (C=O) groups is 2. The predicted molar refractivity (Wildman–Crippen MR) is 132 cm³/mol. The molecule has 6 rings (SSSR count). The van der Waals surface area contributed by atoms with Crippen molar-refractivity contribution in [3.8, 4) is 5.88 Å². The number of piperidine rings is 1. The fourth-order valence-electron chi connectivity index (χ4n) is 7.52. The Morgan fingerprint density at radius 3 is 2.68 bits per heavy atom. The SMILES string of the molecule is CCCOc1nc(N2CCCC(CC(=O)O)C2)ccc1C(=O)NC1C2CC3CC1CC(OC(F)F)(C3)C2. The Kier molecular flexibility index (Phi) is 7.56. The number of hydrogen-bond acceptors (Lipinski definition) is 6. The molecule has 2 heterocycles. The minimum atomic E-state index is -2.77. The van der Waals surface area contributed by atoms with Gasteiger partial charge in [-0.2, -0.15) is 13.8 Å². The van der Waals surface area contributed by atoms with Gasteiger partial charge in [0.1, 0.15) is 11.4 Å². The van der Waals surface area contributed by atoms with Crippen LogP contribution in [0, 0.1) is 23.7 Å². The second-order valence-electron chi connectivity index (χ2n) is 11.5. The summed E-state index contributed by atoms with van der Waals surface area (Å²) in [6, 6.07) is 3.47. The highest BCUT2D eigenvalue weighted by Gasteiger charge is 2.57. The number of ether oxygens (including phenoxy) is 2.